The fraction of sp³-hybridized carbons (Fsp3) is 0.678. The van der Waals surface area contributed by atoms with E-state index in [1.54, 1.807) is 71.2 Å². The third-order valence-corrected chi connectivity index (χ3v) is 17.6. The first-order chi connectivity index (χ1) is 37.0. The molecule has 6 heterocycles. The van der Waals surface area contributed by atoms with Crippen molar-refractivity contribution in [1.29, 1.82) is 0 Å². The quantitative estimate of drug-likeness (QED) is 0.175. The minimum absolute atomic E-state index is 0.0318. The Morgan fingerprint density at radius 3 is 2.17 bits per heavy atom. The van der Waals surface area contributed by atoms with Crippen LogP contribution in [0.3, 0.4) is 0 Å². The molecule has 0 radical (unpaired) electrons. The number of hydrogen-bond acceptors (Lipinski definition) is 15. The van der Waals surface area contributed by atoms with E-state index in [0.717, 1.165) is 9.47 Å². The summed E-state index contributed by atoms with van der Waals surface area (Å²) in [6.07, 6.45) is 5.18. The van der Waals surface area contributed by atoms with Crippen LogP contribution < -0.4 is 11.4 Å². The van der Waals surface area contributed by atoms with Gasteiger partial charge in [0.1, 0.15) is 30.1 Å². The normalized spacial score (nSPS) is 37.2. The van der Waals surface area contributed by atoms with Gasteiger partial charge in [0.15, 0.2) is 5.78 Å². The Labute approximate surface area is 457 Å². The molecule has 8 unspecified atom stereocenters. The summed E-state index contributed by atoms with van der Waals surface area (Å²) in [5, 5.41) is 34.5. The van der Waals surface area contributed by atoms with Crippen molar-refractivity contribution in [2.45, 2.75) is 192 Å². The Balaban J connectivity index is 1.26. The van der Waals surface area contributed by atoms with Gasteiger partial charge in [0.2, 0.25) is 5.79 Å². The van der Waals surface area contributed by atoms with E-state index in [0.29, 0.717) is 68.2 Å². The SMILES string of the molecule is COC1CC(CC(C)C2CC(=O)[C@H](C)/C=C(/C)[C@@H](O)[C@@H](OC)C(=O)[C@H](C)C[C@H](C)C3C=CC(/C=C(/C)[C@@H](OC)C[C@@H]4CC[C@@H](C)C(O)(O4)C(=O)C(=O)N4CCCC[C@H]4C(=O)O2)n2c(=O)n(-c4ccccc4)c(=O)n23)CCC1O. The van der Waals surface area contributed by atoms with Gasteiger partial charge in [-0.2, -0.15) is 0 Å². The van der Waals surface area contributed by atoms with Crippen LogP contribution in [0.5, 0.6) is 0 Å². The molecule has 2 aromatic rings. The number of fused-ring (bicyclic) bond motifs is 15. The minimum Gasteiger partial charge on any atom is -0.460 e. The lowest BCUT2D eigenvalue weighted by molar-refractivity contribution is -0.265. The van der Waals surface area contributed by atoms with Gasteiger partial charge in [-0.1, -0.05) is 77.1 Å². The lowest BCUT2D eigenvalue weighted by Gasteiger charge is -2.42. The standard InChI is InChI=1S/C59H84N4O15/c1-33-26-37(5)51(66)53(76-10)52(67)38(6)27-34(2)47(65)32-49(35(3)28-40-20-24-46(64)50(30-40)75-9)77-56(70)45-18-14-15-25-60(45)55(69)54(68)59(73)39(7)19-22-43(78-59)31-48(74-8)36(4)29-42-21-23-44(33)63-58(72)61(57(71)62(42)63)41-16-12-11-13-17-41/h11-13,16-17,21,23,27,29,33-35,37,39-40,42-46,48-50,52-53,64,67,73H,14-15,18-20,22,24-26,28,30-32H2,1-10H3/b36-29-,38-27-/t33-,34+,35?,37+,39+,40?,42?,43-,44?,45-,46?,48-,49?,50?,52+,53-,59?/m0/s1. The number of carbonyl (C=O) groups is 5. The maximum absolute atomic E-state index is 14.6. The van der Waals surface area contributed by atoms with Gasteiger partial charge in [-0.25, -0.2) is 28.3 Å². The predicted molar refractivity (Wildman–Crippen MR) is 288 cm³/mol. The number of benzene rings is 1. The van der Waals surface area contributed by atoms with Gasteiger partial charge in [0.25, 0.3) is 11.7 Å². The first-order valence-corrected chi connectivity index (χ1v) is 28.1. The molecule has 0 spiro atoms. The second kappa shape index (κ2) is 26.0. The van der Waals surface area contributed by atoms with E-state index < -0.39 is 119 Å². The summed E-state index contributed by atoms with van der Waals surface area (Å²) in [6, 6.07) is 5.89. The second-order valence-corrected chi connectivity index (χ2v) is 23.1. The number of Topliss-reactive ketones (excluding diaryl/α,β-unsaturated/α-hetero) is 3. The van der Waals surface area contributed by atoms with Crippen LogP contribution >= 0.6 is 0 Å². The van der Waals surface area contributed by atoms with E-state index in [-0.39, 0.29) is 56.0 Å². The predicted octanol–water partition coefficient (Wildman–Crippen LogP) is 5.53. The maximum Gasteiger partial charge on any atom is 0.352 e. The lowest BCUT2D eigenvalue weighted by Crippen LogP contribution is -2.61. The Morgan fingerprint density at radius 1 is 0.782 bits per heavy atom. The fourth-order valence-electron chi connectivity index (χ4n) is 12.7. The number of allylic oxidation sites excluding steroid dienone is 4. The van der Waals surface area contributed by atoms with Crippen LogP contribution in [0.1, 0.15) is 138 Å². The lowest BCUT2D eigenvalue weighted by atomic mass is 9.78. The largest absolute Gasteiger partial charge is 0.460 e. The molecule has 1 aromatic heterocycles. The molecule has 2 saturated heterocycles. The zero-order valence-corrected chi connectivity index (χ0v) is 47.2. The topological polar surface area (TPSA) is 244 Å². The number of hydrogen-bond donors (Lipinski definition) is 3. The molecule has 1 aliphatic carbocycles. The first-order valence-electron chi connectivity index (χ1n) is 28.1. The van der Waals surface area contributed by atoms with Gasteiger partial charge >= 0.3 is 17.3 Å². The molecule has 19 nitrogen and oxygen atoms in total. The number of para-hydroxylation sites is 1. The van der Waals surface area contributed by atoms with Crippen LogP contribution in [0.2, 0.25) is 0 Å². The van der Waals surface area contributed by atoms with E-state index in [1.807, 2.05) is 39.0 Å². The molecule has 3 fully saturated rings. The number of amides is 1. The van der Waals surface area contributed by atoms with Gasteiger partial charge in [0.05, 0.1) is 42.2 Å². The summed E-state index contributed by atoms with van der Waals surface area (Å²) in [7, 11) is 4.38. The Hall–Kier alpha value is -5.15. The molecule has 5 aliphatic heterocycles. The van der Waals surface area contributed by atoms with Gasteiger partial charge in [-0.05, 0) is 119 Å². The van der Waals surface area contributed by atoms with Crippen LogP contribution in [-0.4, -0.2) is 146 Å². The summed E-state index contributed by atoms with van der Waals surface area (Å²) in [4.78, 5) is 103. The molecule has 1 amide bonds. The van der Waals surface area contributed by atoms with Gasteiger partial charge < -0.3 is 43.9 Å². The number of piperidine rings is 1. The number of ketones is 3. The molecule has 4 bridgehead atoms. The summed E-state index contributed by atoms with van der Waals surface area (Å²) < 4.78 is 33.8. The van der Waals surface area contributed by atoms with Crippen LogP contribution in [-0.2, 0) is 47.7 Å². The van der Waals surface area contributed by atoms with Crippen LogP contribution in [0.15, 0.2) is 75.4 Å². The zero-order chi connectivity index (χ0) is 56.9. The van der Waals surface area contributed by atoms with Crippen molar-refractivity contribution in [3.8, 4) is 5.69 Å². The number of aliphatic hydroxyl groups excluding tert-OH is 2. The average molecular weight is 1090 g/mol. The van der Waals surface area contributed by atoms with Crippen molar-refractivity contribution in [1.82, 2.24) is 18.8 Å². The summed E-state index contributed by atoms with van der Waals surface area (Å²) in [6.45, 7) is 12.2. The van der Waals surface area contributed by atoms with Crippen molar-refractivity contribution in [3.63, 3.8) is 0 Å². The molecule has 19 heteroatoms. The third-order valence-electron chi connectivity index (χ3n) is 17.6. The van der Waals surface area contributed by atoms with E-state index in [4.69, 9.17) is 23.7 Å². The van der Waals surface area contributed by atoms with Gasteiger partial charge in [-0.15, -0.1) is 0 Å². The number of nitrogens with zero attached hydrogens (tertiary/aromatic N) is 4. The summed E-state index contributed by atoms with van der Waals surface area (Å²) in [5.74, 6) is -9.44. The molecular weight excluding hydrogens is 1000 g/mol. The number of aromatic nitrogens is 3. The molecule has 430 valence electrons. The number of aliphatic hydroxyl groups is 3. The highest BCUT2D eigenvalue weighted by Gasteiger charge is 2.53. The Bertz CT molecular complexity index is 2690. The van der Waals surface area contributed by atoms with Crippen LogP contribution in [0.4, 0.5) is 0 Å². The smallest absolute Gasteiger partial charge is 0.352 e. The van der Waals surface area contributed by atoms with Gasteiger partial charge in [-0.3, -0.25) is 19.2 Å². The molecule has 17 atom stereocenters. The van der Waals surface area contributed by atoms with Crippen LogP contribution in [0, 0.1) is 35.5 Å². The Morgan fingerprint density at radius 2 is 1.49 bits per heavy atom. The number of carbonyl (C=O) groups excluding carboxylic acids is 5. The highest BCUT2D eigenvalue weighted by Crippen LogP contribution is 2.39. The molecule has 1 aromatic carbocycles. The van der Waals surface area contributed by atoms with Crippen molar-refractivity contribution < 1.29 is 63.0 Å². The van der Waals surface area contributed by atoms with Crippen molar-refractivity contribution >= 4 is 29.2 Å². The number of esters is 1. The number of rotatable bonds is 7. The fourth-order valence-corrected chi connectivity index (χ4v) is 12.7. The van der Waals surface area contributed by atoms with Crippen molar-refractivity contribution in [2.75, 3.05) is 27.9 Å². The highest BCUT2D eigenvalue weighted by molar-refractivity contribution is 6.39. The molecule has 8 rings (SSSR count). The van der Waals surface area contributed by atoms with E-state index in [9.17, 15) is 48.9 Å². The molecule has 6 aliphatic rings. The van der Waals surface area contributed by atoms with E-state index in [1.165, 1.54) is 23.6 Å². The zero-order valence-electron chi connectivity index (χ0n) is 47.2. The highest BCUT2D eigenvalue weighted by atomic mass is 16.6. The van der Waals surface area contributed by atoms with Crippen molar-refractivity contribution in [3.05, 3.63) is 86.8 Å². The Kier molecular flexibility index (Phi) is 20.1. The molecule has 78 heavy (non-hydrogen) atoms. The molecular formula is C59H84N4O15. The average Bonchev–Trinajstić information content (AvgIpc) is 3.96. The maximum atomic E-state index is 14.6. The third kappa shape index (κ3) is 12.9. The molecule has 1 saturated carbocycles. The van der Waals surface area contributed by atoms with Gasteiger partial charge in [0, 0.05) is 58.5 Å². The minimum atomic E-state index is -2.55. The second-order valence-electron chi connectivity index (χ2n) is 23.1. The summed E-state index contributed by atoms with van der Waals surface area (Å²) >= 11 is 0. The van der Waals surface area contributed by atoms with Crippen molar-refractivity contribution in [2.24, 2.45) is 35.5 Å². The number of ether oxygens (including phenoxy) is 5. The molecule has 3 N–H and O–H groups in total. The van der Waals surface area contributed by atoms with Crippen LogP contribution in [0.25, 0.3) is 5.69 Å². The first kappa shape index (κ1) is 60.5. The van der Waals surface area contributed by atoms with E-state index >= 15 is 0 Å². The number of methoxy groups -OCH3 is 3. The van der Waals surface area contributed by atoms with E-state index in [2.05, 4.69) is 0 Å². The monoisotopic (exact) mass is 1090 g/mol. The summed E-state index contributed by atoms with van der Waals surface area (Å²) in [5.41, 5.74) is 0.138.